The first-order chi connectivity index (χ1) is 8.97. The highest BCUT2D eigenvalue weighted by Gasteiger charge is 2.29. The number of halogens is 3. The molecule has 1 N–H and O–H groups in total. The Morgan fingerprint density at radius 1 is 1.05 bits per heavy atom. The first-order valence-corrected chi connectivity index (χ1v) is 6.74. The van der Waals surface area contributed by atoms with Crippen LogP contribution in [0.15, 0.2) is 35.7 Å². The van der Waals surface area contributed by atoms with Crippen LogP contribution in [0.2, 0.25) is 0 Å². The number of hydrogen-bond acceptors (Lipinski definition) is 2. The molecule has 2 rings (SSSR count). The molecule has 102 valence electrons. The third-order valence-corrected chi connectivity index (χ3v) is 3.89. The molecule has 1 nitrogen and oxygen atoms in total. The first-order valence-electron chi connectivity index (χ1n) is 5.86. The van der Waals surface area contributed by atoms with Crippen molar-refractivity contribution in [1.29, 1.82) is 0 Å². The molecular formula is C14H14F3NS. The van der Waals surface area contributed by atoms with Crippen molar-refractivity contribution in [2.45, 2.75) is 26.2 Å². The second kappa shape index (κ2) is 5.75. The van der Waals surface area contributed by atoms with Crippen LogP contribution >= 0.6 is 11.3 Å². The zero-order valence-corrected chi connectivity index (χ0v) is 11.2. The number of aryl methyl sites for hydroxylation is 1. The standard InChI is InChI=1S/C14H14F3NS/c1-10-6-7-19-13(10)9-18-8-11-2-4-12(5-3-11)14(15,16)17/h2-7,18H,8-9H2,1H3. The van der Waals surface area contributed by atoms with Crippen LogP contribution in [-0.2, 0) is 19.3 Å². The molecule has 19 heavy (non-hydrogen) atoms. The van der Waals surface area contributed by atoms with Crippen molar-refractivity contribution in [3.8, 4) is 0 Å². The topological polar surface area (TPSA) is 12.0 Å². The first kappa shape index (κ1) is 14.1. The molecule has 1 heterocycles. The summed E-state index contributed by atoms with van der Waals surface area (Å²) in [6, 6.07) is 7.31. The van der Waals surface area contributed by atoms with Gasteiger partial charge in [0.25, 0.3) is 0 Å². The summed E-state index contributed by atoms with van der Waals surface area (Å²) in [5, 5.41) is 5.26. The van der Waals surface area contributed by atoms with Gasteiger partial charge in [0.1, 0.15) is 0 Å². The van der Waals surface area contributed by atoms with Gasteiger partial charge in [-0.15, -0.1) is 11.3 Å². The summed E-state index contributed by atoms with van der Waals surface area (Å²) in [5.74, 6) is 0. The molecular weight excluding hydrogens is 271 g/mol. The van der Waals surface area contributed by atoms with E-state index in [2.05, 4.69) is 11.4 Å². The van der Waals surface area contributed by atoms with Gasteiger partial charge in [0.15, 0.2) is 0 Å². The molecule has 2 aromatic rings. The van der Waals surface area contributed by atoms with Crippen LogP contribution in [0.5, 0.6) is 0 Å². The Hall–Kier alpha value is -1.33. The summed E-state index contributed by atoms with van der Waals surface area (Å²) >= 11 is 1.68. The molecule has 0 spiro atoms. The van der Waals surface area contributed by atoms with E-state index < -0.39 is 11.7 Å². The Bertz CT molecular complexity index is 528. The van der Waals surface area contributed by atoms with Crippen molar-refractivity contribution in [1.82, 2.24) is 5.32 Å². The summed E-state index contributed by atoms with van der Waals surface area (Å²) in [6.45, 7) is 3.35. The highest BCUT2D eigenvalue weighted by atomic mass is 32.1. The van der Waals surface area contributed by atoms with Crippen molar-refractivity contribution in [3.63, 3.8) is 0 Å². The van der Waals surface area contributed by atoms with E-state index in [1.54, 1.807) is 11.3 Å². The lowest BCUT2D eigenvalue weighted by atomic mass is 10.1. The molecule has 0 unspecified atom stereocenters. The summed E-state index contributed by atoms with van der Waals surface area (Å²) in [4.78, 5) is 1.26. The molecule has 0 aliphatic rings. The molecule has 1 aromatic carbocycles. The minimum Gasteiger partial charge on any atom is -0.308 e. The Balaban J connectivity index is 1.89. The quantitative estimate of drug-likeness (QED) is 0.880. The van der Waals surface area contributed by atoms with Crippen molar-refractivity contribution < 1.29 is 13.2 Å². The van der Waals surface area contributed by atoms with Gasteiger partial charge in [-0.1, -0.05) is 12.1 Å². The second-order valence-corrected chi connectivity index (χ2v) is 5.33. The molecule has 0 aliphatic carbocycles. The molecule has 0 saturated heterocycles. The highest BCUT2D eigenvalue weighted by Crippen LogP contribution is 2.29. The van der Waals surface area contributed by atoms with Gasteiger partial charge in [0, 0.05) is 18.0 Å². The Morgan fingerprint density at radius 2 is 1.74 bits per heavy atom. The fourth-order valence-electron chi connectivity index (χ4n) is 1.72. The maximum absolute atomic E-state index is 12.4. The summed E-state index contributed by atoms with van der Waals surface area (Å²) in [7, 11) is 0. The van der Waals surface area contributed by atoms with Crippen LogP contribution in [-0.4, -0.2) is 0 Å². The lowest BCUT2D eigenvalue weighted by Gasteiger charge is -2.08. The van der Waals surface area contributed by atoms with Crippen LogP contribution in [0.4, 0.5) is 13.2 Å². The van der Waals surface area contributed by atoms with E-state index in [1.807, 2.05) is 12.3 Å². The van der Waals surface area contributed by atoms with E-state index >= 15 is 0 Å². The maximum atomic E-state index is 12.4. The van der Waals surface area contributed by atoms with Crippen molar-refractivity contribution >= 4 is 11.3 Å². The van der Waals surface area contributed by atoms with Gasteiger partial charge in [-0.05, 0) is 41.6 Å². The number of thiophene rings is 1. The van der Waals surface area contributed by atoms with Gasteiger partial charge in [-0.3, -0.25) is 0 Å². The summed E-state index contributed by atoms with van der Waals surface area (Å²) in [5.41, 5.74) is 1.48. The smallest absolute Gasteiger partial charge is 0.308 e. The van der Waals surface area contributed by atoms with Gasteiger partial charge in [0.05, 0.1) is 5.56 Å². The van der Waals surface area contributed by atoms with Gasteiger partial charge >= 0.3 is 6.18 Å². The van der Waals surface area contributed by atoms with Crippen molar-refractivity contribution in [2.75, 3.05) is 0 Å². The van der Waals surface area contributed by atoms with Crippen molar-refractivity contribution in [3.05, 3.63) is 57.3 Å². The minimum atomic E-state index is -4.26. The largest absolute Gasteiger partial charge is 0.416 e. The molecule has 0 amide bonds. The Morgan fingerprint density at radius 3 is 2.26 bits per heavy atom. The van der Waals surface area contributed by atoms with Crippen LogP contribution in [0.3, 0.4) is 0 Å². The molecule has 0 fully saturated rings. The van der Waals surface area contributed by atoms with Gasteiger partial charge in [0.2, 0.25) is 0 Å². The van der Waals surface area contributed by atoms with Gasteiger partial charge < -0.3 is 5.32 Å². The van der Waals surface area contributed by atoms with E-state index in [1.165, 1.54) is 22.6 Å². The lowest BCUT2D eigenvalue weighted by molar-refractivity contribution is -0.137. The average Bonchev–Trinajstić information content (AvgIpc) is 2.75. The van der Waals surface area contributed by atoms with E-state index in [9.17, 15) is 13.2 Å². The van der Waals surface area contributed by atoms with E-state index in [-0.39, 0.29) is 0 Å². The van der Waals surface area contributed by atoms with Crippen LogP contribution < -0.4 is 5.32 Å². The third kappa shape index (κ3) is 3.81. The molecule has 1 aromatic heterocycles. The Kier molecular flexibility index (Phi) is 4.27. The van der Waals surface area contributed by atoms with E-state index in [4.69, 9.17) is 0 Å². The number of benzene rings is 1. The fourth-order valence-corrected chi connectivity index (χ4v) is 2.59. The molecule has 5 heteroatoms. The van der Waals surface area contributed by atoms with Gasteiger partial charge in [-0.25, -0.2) is 0 Å². The average molecular weight is 285 g/mol. The molecule has 0 radical (unpaired) electrons. The predicted molar refractivity (Wildman–Crippen MR) is 71.0 cm³/mol. The minimum absolute atomic E-state index is 0.565. The normalized spacial score (nSPS) is 11.8. The van der Waals surface area contributed by atoms with Crippen LogP contribution in [0, 0.1) is 6.92 Å². The number of rotatable bonds is 4. The molecule has 0 saturated carbocycles. The Labute approximate surface area is 114 Å². The summed E-state index contributed by atoms with van der Waals surface area (Å²) < 4.78 is 37.2. The molecule has 0 atom stereocenters. The summed E-state index contributed by atoms with van der Waals surface area (Å²) in [6.07, 6.45) is -4.26. The zero-order chi connectivity index (χ0) is 13.9. The fraction of sp³-hybridized carbons (Fsp3) is 0.286. The number of nitrogens with one attached hydrogen (secondary N) is 1. The highest BCUT2D eigenvalue weighted by molar-refractivity contribution is 7.10. The van der Waals surface area contributed by atoms with Crippen LogP contribution in [0.25, 0.3) is 0 Å². The van der Waals surface area contributed by atoms with Gasteiger partial charge in [-0.2, -0.15) is 13.2 Å². The molecule has 0 aliphatic heterocycles. The molecule has 0 bridgehead atoms. The van der Waals surface area contributed by atoms with Crippen molar-refractivity contribution in [2.24, 2.45) is 0 Å². The van der Waals surface area contributed by atoms with Crippen LogP contribution in [0.1, 0.15) is 21.6 Å². The number of alkyl halides is 3. The predicted octanol–water partition coefficient (Wildman–Crippen LogP) is 4.37. The van der Waals surface area contributed by atoms with E-state index in [0.717, 1.165) is 24.2 Å². The lowest BCUT2D eigenvalue weighted by Crippen LogP contribution is -2.12. The number of hydrogen-bond donors (Lipinski definition) is 1. The zero-order valence-electron chi connectivity index (χ0n) is 10.4. The van der Waals surface area contributed by atoms with E-state index in [0.29, 0.717) is 6.54 Å². The monoisotopic (exact) mass is 285 g/mol. The third-order valence-electron chi connectivity index (χ3n) is 2.86. The maximum Gasteiger partial charge on any atom is 0.416 e. The SMILES string of the molecule is Cc1ccsc1CNCc1ccc(C(F)(F)F)cc1. The second-order valence-electron chi connectivity index (χ2n) is 4.33.